The highest BCUT2D eigenvalue weighted by atomic mass is 35.5. The number of amides is 1. The Hall–Kier alpha value is -2.52. The van der Waals surface area contributed by atoms with E-state index in [1.54, 1.807) is 24.6 Å². The van der Waals surface area contributed by atoms with Crippen molar-refractivity contribution in [2.45, 2.75) is 44.1 Å². The second-order valence-corrected chi connectivity index (χ2v) is 10.1. The lowest BCUT2D eigenvalue weighted by Crippen LogP contribution is -2.40. The molecule has 3 aromatic heterocycles. The molecule has 10 heteroatoms. The van der Waals surface area contributed by atoms with Crippen LogP contribution in [0.25, 0.3) is 0 Å². The van der Waals surface area contributed by atoms with Crippen LogP contribution >= 0.6 is 23.4 Å². The molecule has 1 amide bonds. The molecule has 0 aromatic carbocycles. The third-order valence-electron chi connectivity index (χ3n) is 5.41. The predicted molar refractivity (Wildman–Crippen MR) is 126 cm³/mol. The average molecular weight is 475 g/mol. The van der Waals surface area contributed by atoms with Gasteiger partial charge in [0.2, 0.25) is 11.9 Å². The summed E-state index contributed by atoms with van der Waals surface area (Å²) in [6, 6.07) is 7.25. The van der Waals surface area contributed by atoms with Crippen LogP contribution in [0.4, 0.5) is 11.6 Å². The number of carbonyl (C=O) groups excluding carboxylic acids is 1. The van der Waals surface area contributed by atoms with Crippen LogP contribution in [0.1, 0.15) is 33.0 Å². The maximum absolute atomic E-state index is 12.8. The maximum atomic E-state index is 12.8. The van der Waals surface area contributed by atoms with E-state index in [1.165, 1.54) is 18.2 Å². The summed E-state index contributed by atoms with van der Waals surface area (Å²) in [6.45, 7) is 8.73. The van der Waals surface area contributed by atoms with Gasteiger partial charge in [-0.2, -0.15) is 0 Å². The molecule has 0 radical (unpaired) electrons. The van der Waals surface area contributed by atoms with Crippen LogP contribution in [0.15, 0.2) is 46.3 Å². The van der Waals surface area contributed by atoms with E-state index in [4.69, 9.17) is 16.0 Å². The molecular formula is C22H27ClN6O2S. The minimum Gasteiger partial charge on any atom is -0.467 e. The van der Waals surface area contributed by atoms with Gasteiger partial charge in [0.15, 0.2) is 10.3 Å². The van der Waals surface area contributed by atoms with E-state index >= 15 is 0 Å². The molecule has 0 bridgehead atoms. The van der Waals surface area contributed by atoms with E-state index in [0.717, 1.165) is 24.8 Å². The largest absolute Gasteiger partial charge is 0.467 e. The van der Waals surface area contributed by atoms with Gasteiger partial charge in [-0.3, -0.25) is 9.36 Å². The van der Waals surface area contributed by atoms with Gasteiger partial charge >= 0.3 is 0 Å². The first-order valence-corrected chi connectivity index (χ1v) is 11.9. The summed E-state index contributed by atoms with van der Waals surface area (Å²) in [6.07, 6.45) is 4.45. The first-order valence-electron chi connectivity index (χ1n) is 10.7. The van der Waals surface area contributed by atoms with Crippen molar-refractivity contribution in [1.82, 2.24) is 19.7 Å². The number of hydrogen-bond acceptors (Lipinski definition) is 7. The number of hydrogen-bond donors (Lipinski definition) is 1. The Bertz CT molecular complexity index is 1050. The Kier molecular flexibility index (Phi) is 7.05. The minimum atomic E-state index is -0.419. The van der Waals surface area contributed by atoms with E-state index in [0.29, 0.717) is 29.2 Å². The number of piperidine rings is 1. The fourth-order valence-electron chi connectivity index (χ4n) is 4.05. The van der Waals surface area contributed by atoms with Crippen LogP contribution in [0.2, 0.25) is 5.15 Å². The van der Waals surface area contributed by atoms with Gasteiger partial charge in [-0.05, 0) is 49.4 Å². The second kappa shape index (κ2) is 9.95. The van der Waals surface area contributed by atoms with Crippen molar-refractivity contribution >= 4 is 40.9 Å². The van der Waals surface area contributed by atoms with Crippen LogP contribution in [-0.2, 0) is 11.3 Å². The number of pyridine rings is 1. The zero-order valence-electron chi connectivity index (χ0n) is 18.4. The maximum Gasteiger partial charge on any atom is 0.237 e. The van der Waals surface area contributed by atoms with Crippen molar-refractivity contribution in [3.05, 3.63) is 47.6 Å². The topological polar surface area (TPSA) is 89.1 Å². The summed E-state index contributed by atoms with van der Waals surface area (Å²) < 4.78 is 7.62. The van der Waals surface area contributed by atoms with Gasteiger partial charge in [-0.25, -0.2) is 4.98 Å². The molecule has 3 aromatic rings. The van der Waals surface area contributed by atoms with E-state index in [-0.39, 0.29) is 11.1 Å². The lowest BCUT2D eigenvalue weighted by molar-refractivity contribution is -0.115. The standard InChI is InChI=1S/C22H27ClN6O2S/c1-14-10-15(2)12-28(11-14)21-26-27-22(29(21)13-17-6-5-9-31-17)32-16(3)20(30)25-18-7-4-8-24-19(18)23/h4-9,14-16H,10-13H2,1-3H3,(H,25,30). The Morgan fingerprint density at radius 3 is 2.75 bits per heavy atom. The quantitative estimate of drug-likeness (QED) is 0.396. The van der Waals surface area contributed by atoms with Gasteiger partial charge < -0.3 is 14.6 Å². The molecule has 1 aliphatic heterocycles. The zero-order valence-corrected chi connectivity index (χ0v) is 19.9. The van der Waals surface area contributed by atoms with E-state index in [2.05, 4.69) is 39.2 Å². The fraction of sp³-hybridized carbons (Fsp3) is 0.455. The summed E-state index contributed by atoms with van der Waals surface area (Å²) in [5.41, 5.74) is 0.487. The molecule has 1 aliphatic rings. The molecule has 4 rings (SSSR count). The van der Waals surface area contributed by atoms with Gasteiger partial charge in [0.25, 0.3) is 0 Å². The number of anilines is 2. The van der Waals surface area contributed by atoms with Crippen molar-refractivity contribution < 1.29 is 9.21 Å². The Labute approximate surface area is 196 Å². The predicted octanol–water partition coefficient (Wildman–Crippen LogP) is 4.57. The Balaban J connectivity index is 1.55. The third-order valence-corrected chi connectivity index (χ3v) is 6.79. The molecule has 4 heterocycles. The summed E-state index contributed by atoms with van der Waals surface area (Å²) in [4.78, 5) is 19.1. The Morgan fingerprint density at radius 1 is 1.28 bits per heavy atom. The summed E-state index contributed by atoms with van der Waals surface area (Å²) in [7, 11) is 0. The lowest BCUT2D eigenvalue weighted by Gasteiger charge is -2.35. The Morgan fingerprint density at radius 2 is 2.06 bits per heavy atom. The van der Waals surface area contributed by atoms with E-state index in [1.807, 2.05) is 23.6 Å². The highest BCUT2D eigenvalue weighted by Crippen LogP contribution is 2.31. The molecule has 3 unspecified atom stereocenters. The van der Waals surface area contributed by atoms with Gasteiger partial charge in [0.1, 0.15) is 5.76 Å². The molecule has 0 saturated carbocycles. The van der Waals surface area contributed by atoms with Crippen LogP contribution in [0.3, 0.4) is 0 Å². The molecule has 1 fully saturated rings. The molecule has 8 nitrogen and oxygen atoms in total. The summed E-state index contributed by atoms with van der Waals surface area (Å²) in [5.74, 6) is 2.60. The number of halogens is 1. The number of aromatic nitrogens is 4. The van der Waals surface area contributed by atoms with Crippen molar-refractivity contribution in [3.63, 3.8) is 0 Å². The van der Waals surface area contributed by atoms with E-state index in [9.17, 15) is 4.79 Å². The fourth-order valence-corrected chi connectivity index (χ4v) is 5.06. The first-order chi connectivity index (χ1) is 15.4. The lowest BCUT2D eigenvalue weighted by atomic mass is 9.92. The molecule has 0 spiro atoms. The van der Waals surface area contributed by atoms with Gasteiger partial charge in [0, 0.05) is 19.3 Å². The number of thioether (sulfide) groups is 1. The van der Waals surface area contributed by atoms with E-state index < -0.39 is 5.25 Å². The third kappa shape index (κ3) is 5.27. The van der Waals surface area contributed by atoms with Crippen molar-refractivity contribution in [2.24, 2.45) is 11.8 Å². The zero-order chi connectivity index (χ0) is 22.7. The number of nitrogens with zero attached hydrogens (tertiary/aromatic N) is 5. The molecule has 1 saturated heterocycles. The molecule has 0 aliphatic carbocycles. The van der Waals surface area contributed by atoms with Gasteiger partial charge in [-0.15, -0.1) is 10.2 Å². The van der Waals surface area contributed by atoms with Crippen LogP contribution < -0.4 is 10.2 Å². The number of carbonyl (C=O) groups is 1. The summed E-state index contributed by atoms with van der Waals surface area (Å²) >= 11 is 7.43. The van der Waals surface area contributed by atoms with Crippen molar-refractivity contribution in [2.75, 3.05) is 23.3 Å². The number of nitrogens with one attached hydrogen (secondary N) is 1. The average Bonchev–Trinajstić information content (AvgIpc) is 3.40. The number of rotatable bonds is 7. The molecule has 1 N–H and O–H groups in total. The SMILES string of the molecule is CC1CC(C)CN(c2nnc(SC(C)C(=O)Nc3cccnc3Cl)n2Cc2ccco2)C1. The van der Waals surface area contributed by atoms with Crippen LogP contribution in [0.5, 0.6) is 0 Å². The highest BCUT2D eigenvalue weighted by Gasteiger charge is 2.28. The monoisotopic (exact) mass is 474 g/mol. The minimum absolute atomic E-state index is 0.181. The van der Waals surface area contributed by atoms with Gasteiger partial charge in [0.05, 0.1) is 23.7 Å². The summed E-state index contributed by atoms with van der Waals surface area (Å²) in [5, 5.41) is 12.3. The number of furan rings is 1. The highest BCUT2D eigenvalue weighted by molar-refractivity contribution is 8.00. The van der Waals surface area contributed by atoms with Gasteiger partial charge in [-0.1, -0.05) is 37.2 Å². The van der Waals surface area contributed by atoms with Crippen molar-refractivity contribution in [1.29, 1.82) is 0 Å². The van der Waals surface area contributed by atoms with Crippen LogP contribution in [0, 0.1) is 11.8 Å². The second-order valence-electron chi connectivity index (χ2n) is 8.39. The van der Waals surface area contributed by atoms with Crippen molar-refractivity contribution in [3.8, 4) is 0 Å². The van der Waals surface area contributed by atoms with Crippen LogP contribution in [-0.4, -0.2) is 44.0 Å². The molecule has 32 heavy (non-hydrogen) atoms. The molecular weight excluding hydrogens is 448 g/mol. The smallest absolute Gasteiger partial charge is 0.237 e. The molecule has 170 valence electrons. The normalized spacial score (nSPS) is 19.7. The molecule has 3 atom stereocenters. The first kappa shape index (κ1) is 22.7.